The molecule has 2 aliphatic rings. The van der Waals surface area contributed by atoms with E-state index in [-0.39, 0.29) is 5.92 Å². The molecule has 1 aromatic carbocycles. The van der Waals surface area contributed by atoms with E-state index in [2.05, 4.69) is 6.92 Å². The zero-order valence-corrected chi connectivity index (χ0v) is 20.3. The smallest absolute Gasteiger partial charge is 0.194 e. The predicted octanol–water partition coefficient (Wildman–Crippen LogP) is 10.1. The maximum absolute atomic E-state index is 13.6. The fourth-order valence-corrected chi connectivity index (χ4v) is 6.27. The molecule has 0 spiro atoms. The van der Waals surface area contributed by atoms with Crippen molar-refractivity contribution in [3.63, 3.8) is 0 Å². The van der Waals surface area contributed by atoms with Gasteiger partial charge in [-0.2, -0.15) is 0 Å². The fourth-order valence-electron chi connectivity index (χ4n) is 6.27. The second kappa shape index (κ2) is 13.7. The van der Waals surface area contributed by atoms with Crippen LogP contribution in [0.2, 0.25) is 0 Å². The molecule has 2 aliphatic carbocycles. The van der Waals surface area contributed by atoms with Gasteiger partial charge in [0.1, 0.15) is 0 Å². The van der Waals surface area contributed by atoms with Gasteiger partial charge in [-0.05, 0) is 67.1 Å². The molecule has 3 heteroatoms. The quantitative estimate of drug-likeness (QED) is 0.219. The summed E-state index contributed by atoms with van der Waals surface area (Å²) < 4.78 is 40.3. The molecule has 0 radical (unpaired) electrons. The Bertz CT molecular complexity index is 631. The lowest BCUT2D eigenvalue weighted by molar-refractivity contribution is 0.222. The van der Waals surface area contributed by atoms with Crippen LogP contribution in [-0.2, 0) is 0 Å². The van der Waals surface area contributed by atoms with Gasteiger partial charge in [-0.25, -0.2) is 13.2 Å². The van der Waals surface area contributed by atoms with E-state index in [1.807, 2.05) is 0 Å². The van der Waals surface area contributed by atoms with Crippen molar-refractivity contribution >= 4 is 0 Å². The second-order valence-electron chi connectivity index (χ2n) is 10.9. The van der Waals surface area contributed by atoms with Crippen LogP contribution in [0.1, 0.15) is 134 Å². The van der Waals surface area contributed by atoms with E-state index in [1.54, 1.807) is 0 Å². The second-order valence-corrected chi connectivity index (χ2v) is 10.9. The van der Waals surface area contributed by atoms with Crippen molar-refractivity contribution in [1.82, 2.24) is 0 Å². The maximum Gasteiger partial charge on any atom is 0.194 e. The third-order valence-corrected chi connectivity index (χ3v) is 8.49. The van der Waals surface area contributed by atoms with Crippen molar-refractivity contribution in [3.05, 3.63) is 35.1 Å². The maximum atomic E-state index is 13.6. The highest BCUT2D eigenvalue weighted by molar-refractivity contribution is 5.23. The van der Waals surface area contributed by atoms with Gasteiger partial charge >= 0.3 is 0 Å². The molecular weight excluding hydrogens is 405 g/mol. The van der Waals surface area contributed by atoms with E-state index in [9.17, 15) is 13.2 Å². The number of rotatable bonds is 12. The summed E-state index contributed by atoms with van der Waals surface area (Å²) >= 11 is 0. The third kappa shape index (κ3) is 8.10. The van der Waals surface area contributed by atoms with E-state index in [4.69, 9.17) is 0 Å². The number of halogens is 3. The first-order valence-corrected chi connectivity index (χ1v) is 13.7. The standard InChI is InChI=1S/C29H45F3/c1-2-3-4-5-6-7-8-9-22-10-12-23(13-11-22)14-15-24-16-18-25(19-17-24)26-20-27(30)29(32)28(31)21-26/h20-25H,2-19H2,1H3. The summed E-state index contributed by atoms with van der Waals surface area (Å²) in [5, 5.41) is 0. The van der Waals surface area contributed by atoms with Gasteiger partial charge < -0.3 is 0 Å². The highest BCUT2D eigenvalue weighted by atomic mass is 19.2. The van der Waals surface area contributed by atoms with Gasteiger partial charge in [0.15, 0.2) is 17.5 Å². The summed E-state index contributed by atoms with van der Waals surface area (Å²) in [6, 6.07) is 2.41. The summed E-state index contributed by atoms with van der Waals surface area (Å²) in [6.07, 6.45) is 24.0. The number of hydrogen-bond acceptors (Lipinski definition) is 0. The lowest BCUT2D eigenvalue weighted by Crippen LogP contribution is -2.18. The van der Waals surface area contributed by atoms with Crippen LogP contribution < -0.4 is 0 Å². The number of benzene rings is 1. The van der Waals surface area contributed by atoms with Gasteiger partial charge in [-0.15, -0.1) is 0 Å². The van der Waals surface area contributed by atoms with E-state index < -0.39 is 17.5 Å². The van der Waals surface area contributed by atoms with E-state index in [1.165, 1.54) is 102 Å². The van der Waals surface area contributed by atoms with Crippen molar-refractivity contribution in [2.75, 3.05) is 0 Å². The molecule has 0 N–H and O–H groups in total. The summed E-state index contributed by atoms with van der Waals surface area (Å²) in [6.45, 7) is 2.28. The van der Waals surface area contributed by atoms with Crippen LogP contribution in [0.25, 0.3) is 0 Å². The lowest BCUT2D eigenvalue weighted by atomic mass is 9.74. The van der Waals surface area contributed by atoms with Crippen LogP contribution in [0.4, 0.5) is 13.2 Å². The fraction of sp³-hybridized carbons (Fsp3) is 0.793. The van der Waals surface area contributed by atoms with Crippen LogP contribution >= 0.6 is 0 Å². The first kappa shape index (κ1) is 25.6. The summed E-state index contributed by atoms with van der Waals surface area (Å²) in [7, 11) is 0. The van der Waals surface area contributed by atoms with E-state index in [0.29, 0.717) is 5.56 Å². The molecule has 0 saturated heterocycles. The summed E-state index contributed by atoms with van der Waals surface area (Å²) in [4.78, 5) is 0. The minimum atomic E-state index is -1.35. The molecule has 1 aromatic rings. The Morgan fingerprint density at radius 1 is 0.594 bits per heavy atom. The normalized spacial score (nSPS) is 26.4. The Balaban J connectivity index is 1.25. The van der Waals surface area contributed by atoms with Gasteiger partial charge in [0.25, 0.3) is 0 Å². The Morgan fingerprint density at radius 2 is 1.03 bits per heavy atom. The van der Waals surface area contributed by atoms with Gasteiger partial charge in [0.2, 0.25) is 0 Å². The van der Waals surface area contributed by atoms with E-state index >= 15 is 0 Å². The van der Waals surface area contributed by atoms with Crippen molar-refractivity contribution in [1.29, 1.82) is 0 Å². The molecule has 32 heavy (non-hydrogen) atoms. The Kier molecular flexibility index (Phi) is 10.9. The van der Waals surface area contributed by atoms with Gasteiger partial charge in [-0.1, -0.05) is 96.8 Å². The van der Waals surface area contributed by atoms with Crippen LogP contribution in [0, 0.1) is 35.2 Å². The first-order valence-electron chi connectivity index (χ1n) is 13.7. The molecule has 0 bridgehead atoms. The number of unbranched alkanes of at least 4 members (excludes halogenated alkanes) is 6. The predicted molar refractivity (Wildman–Crippen MR) is 128 cm³/mol. The van der Waals surface area contributed by atoms with Crippen LogP contribution in [0.15, 0.2) is 12.1 Å². The Labute approximate surface area is 194 Å². The molecular formula is C29H45F3. The first-order chi connectivity index (χ1) is 15.6. The number of hydrogen-bond donors (Lipinski definition) is 0. The molecule has 0 aliphatic heterocycles. The van der Waals surface area contributed by atoms with Crippen molar-refractivity contribution in [2.24, 2.45) is 17.8 Å². The third-order valence-electron chi connectivity index (χ3n) is 8.49. The van der Waals surface area contributed by atoms with Crippen LogP contribution in [-0.4, -0.2) is 0 Å². The molecule has 2 saturated carbocycles. The molecule has 182 valence electrons. The van der Waals surface area contributed by atoms with Crippen LogP contribution in [0.3, 0.4) is 0 Å². The van der Waals surface area contributed by atoms with Gasteiger partial charge in [0.05, 0.1) is 0 Å². The lowest BCUT2D eigenvalue weighted by Gasteiger charge is -2.32. The minimum absolute atomic E-state index is 0.179. The van der Waals surface area contributed by atoms with Gasteiger partial charge in [0, 0.05) is 0 Å². The average molecular weight is 451 g/mol. The van der Waals surface area contributed by atoms with E-state index in [0.717, 1.165) is 43.4 Å². The minimum Gasteiger partial charge on any atom is -0.204 e. The molecule has 0 nitrogen and oxygen atoms in total. The summed E-state index contributed by atoms with van der Waals surface area (Å²) in [5.41, 5.74) is 0.638. The van der Waals surface area contributed by atoms with Crippen molar-refractivity contribution in [3.8, 4) is 0 Å². The Hall–Kier alpha value is -0.990. The summed E-state index contributed by atoms with van der Waals surface area (Å²) in [5.74, 6) is -0.620. The molecule has 0 heterocycles. The zero-order valence-electron chi connectivity index (χ0n) is 20.3. The average Bonchev–Trinajstić information content (AvgIpc) is 2.81. The highest BCUT2D eigenvalue weighted by Gasteiger charge is 2.26. The van der Waals surface area contributed by atoms with Crippen molar-refractivity contribution in [2.45, 2.75) is 128 Å². The Morgan fingerprint density at radius 3 is 1.56 bits per heavy atom. The molecule has 3 rings (SSSR count). The SMILES string of the molecule is CCCCCCCCCC1CCC(CCC2CCC(c3cc(F)c(F)c(F)c3)CC2)CC1. The van der Waals surface area contributed by atoms with Crippen LogP contribution in [0.5, 0.6) is 0 Å². The van der Waals surface area contributed by atoms with Crippen molar-refractivity contribution < 1.29 is 13.2 Å². The highest BCUT2D eigenvalue weighted by Crippen LogP contribution is 2.40. The topological polar surface area (TPSA) is 0 Å². The molecule has 0 unspecified atom stereocenters. The molecule has 0 amide bonds. The largest absolute Gasteiger partial charge is 0.204 e. The monoisotopic (exact) mass is 450 g/mol. The van der Waals surface area contributed by atoms with Gasteiger partial charge in [-0.3, -0.25) is 0 Å². The molecule has 0 aromatic heterocycles. The molecule has 0 atom stereocenters. The zero-order chi connectivity index (χ0) is 22.8. The molecule has 2 fully saturated rings.